The van der Waals surface area contributed by atoms with Crippen molar-refractivity contribution in [2.24, 2.45) is 7.05 Å². The van der Waals surface area contributed by atoms with Crippen molar-refractivity contribution >= 4 is 54.7 Å². The molecule has 0 saturated carbocycles. The first-order chi connectivity index (χ1) is 14.0. The molecular weight excluding hydrogens is 361 g/mol. The van der Waals surface area contributed by atoms with Gasteiger partial charge in [-0.2, -0.15) is 0 Å². The van der Waals surface area contributed by atoms with Crippen LogP contribution in [0.25, 0.3) is 53.8 Å². The SMILES string of the molecule is [C-]#[N+]c1cc2cc[n+](C)c3c4c(C)c(C)cc5c6c(F)cccc6n(c(c1)c23)c54. The van der Waals surface area contributed by atoms with E-state index in [1.165, 1.54) is 11.6 Å². The van der Waals surface area contributed by atoms with Gasteiger partial charge in [0.2, 0.25) is 5.52 Å². The van der Waals surface area contributed by atoms with E-state index in [0.29, 0.717) is 11.1 Å². The molecule has 3 heterocycles. The highest BCUT2D eigenvalue weighted by molar-refractivity contribution is 6.26. The molecule has 0 fully saturated rings. The third kappa shape index (κ3) is 1.83. The summed E-state index contributed by atoms with van der Waals surface area (Å²) in [4.78, 5) is 3.69. The molecule has 138 valence electrons. The lowest BCUT2D eigenvalue weighted by atomic mass is 9.96. The Morgan fingerprint density at radius 2 is 1.83 bits per heavy atom. The molecule has 0 aliphatic carbocycles. The van der Waals surface area contributed by atoms with E-state index in [0.717, 1.165) is 49.2 Å². The van der Waals surface area contributed by atoms with Crippen LogP contribution in [-0.4, -0.2) is 4.40 Å². The van der Waals surface area contributed by atoms with Crippen LogP contribution < -0.4 is 4.57 Å². The van der Waals surface area contributed by atoms with Crippen molar-refractivity contribution < 1.29 is 8.96 Å². The number of rotatable bonds is 0. The van der Waals surface area contributed by atoms with Crippen LogP contribution in [0.5, 0.6) is 0 Å². The first-order valence-corrected chi connectivity index (χ1v) is 9.58. The van der Waals surface area contributed by atoms with Crippen LogP contribution in [0.15, 0.2) is 48.7 Å². The Kier molecular flexibility index (Phi) is 2.92. The average Bonchev–Trinajstić information content (AvgIpc) is 3.05. The van der Waals surface area contributed by atoms with Gasteiger partial charge in [0.1, 0.15) is 12.9 Å². The van der Waals surface area contributed by atoms with Crippen LogP contribution >= 0.6 is 0 Å². The number of aryl methyl sites for hydroxylation is 3. The Bertz CT molecular complexity index is 1700. The van der Waals surface area contributed by atoms with E-state index in [1.54, 1.807) is 6.07 Å². The van der Waals surface area contributed by atoms with E-state index >= 15 is 4.39 Å². The molecule has 0 radical (unpaired) electrons. The Hall–Kier alpha value is -3.71. The third-order valence-electron chi connectivity index (χ3n) is 6.35. The molecule has 3 aromatic heterocycles. The standard InChI is InChI=1S/C25H17FN3/c1-13-10-17-23-18(26)6-5-7-19(23)29-20-12-16(27-3)11-15-8-9-28(4)25(22(15)20)21(14(13)2)24(17)29/h5-12H,1-2,4H3/q+1. The van der Waals surface area contributed by atoms with Crippen LogP contribution in [0.1, 0.15) is 11.1 Å². The van der Waals surface area contributed by atoms with Gasteiger partial charge >= 0.3 is 0 Å². The lowest BCUT2D eigenvalue weighted by molar-refractivity contribution is -0.643. The van der Waals surface area contributed by atoms with E-state index in [1.807, 2.05) is 31.4 Å². The molecule has 0 spiro atoms. The summed E-state index contributed by atoms with van der Waals surface area (Å²) >= 11 is 0. The van der Waals surface area contributed by atoms with Gasteiger partial charge in [0, 0.05) is 16.8 Å². The van der Waals surface area contributed by atoms with E-state index < -0.39 is 0 Å². The molecule has 4 heteroatoms. The Balaban J connectivity index is 2.16. The summed E-state index contributed by atoms with van der Waals surface area (Å²) in [5.41, 5.74) is 6.86. The van der Waals surface area contributed by atoms with Gasteiger partial charge in [0.25, 0.3) is 0 Å². The summed E-state index contributed by atoms with van der Waals surface area (Å²) in [5.74, 6) is -0.214. The van der Waals surface area contributed by atoms with Crippen molar-refractivity contribution in [3.63, 3.8) is 0 Å². The molecule has 29 heavy (non-hydrogen) atoms. The van der Waals surface area contributed by atoms with Crippen molar-refractivity contribution in [2.75, 3.05) is 0 Å². The molecule has 0 N–H and O–H groups in total. The molecule has 0 aliphatic rings. The number of nitrogens with zero attached hydrogens (tertiary/aromatic N) is 3. The first-order valence-electron chi connectivity index (χ1n) is 9.58. The molecule has 6 rings (SSSR count). The van der Waals surface area contributed by atoms with Crippen LogP contribution in [0.3, 0.4) is 0 Å². The van der Waals surface area contributed by atoms with Gasteiger partial charge in [-0.25, -0.2) is 13.8 Å². The maximum atomic E-state index is 15.0. The molecule has 0 unspecified atom stereocenters. The molecule has 0 bridgehead atoms. The second-order valence-corrected chi connectivity index (χ2v) is 7.88. The predicted molar refractivity (Wildman–Crippen MR) is 115 cm³/mol. The fraction of sp³-hybridized carbons (Fsp3) is 0.120. The van der Waals surface area contributed by atoms with Crippen molar-refractivity contribution in [3.05, 3.63) is 77.0 Å². The molecule has 0 saturated heterocycles. The lowest BCUT2D eigenvalue weighted by Crippen LogP contribution is -2.29. The maximum Gasteiger partial charge on any atom is 0.224 e. The van der Waals surface area contributed by atoms with Crippen molar-refractivity contribution in [2.45, 2.75) is 13.8 Å². The molecule has 0 amide bonds. The van der Waals surface area contributed by atoms with Crippen LogP contribution in [0.4, 0.5) is 10.1 Å². The zero-order valence-electron chi connectivity index (χ0n) is 16.3. The second kappa shape index (κ2) is 5.21. The molecule has 0 aliphatic heterocycles. The quantitative estimate of drug-likeness (QED) is 0.131. The minimum absolute atomic E-state index is 0.214. The Labute approximate surface area is 166 Å². The smallest absolute Gasteiger partial charge is 0.224 e. The highest BCUT2D eigenvalue weighted by Gasteiger charge is 2.25. The summed E-state index contributed by atoms with van der Waals surface area (Å²) in [5, 5.41) is 4.84. The minimum Gasteiger partial charge on any atom is -0.309 e. The highest BCUT2D eigenvalue weighted by atomic mass is 19.1. The fourth-order valence-electron chi connectivity index (χ4n) is 4.96. The predicted octanol–water partition coefficient (Wildman–Crippen LogP) is 6.12. The highest BCUT2D eigenvalue weighted by Crippen LogP contribution is 2.43. The normalized spacial score (nSPS) is 12.1. The molecular formula is C25H17FN3+. The zero-order valence-corrected chi connectivity index (χ0v) is 16.3. The molecule has 6 aromatic rings. The topological polar surface area (TPSA) is 12.7 Å². The van der Waals surface area contributed by atoms with E-state index in [4.69, 9.17) is 6.57 Å². The van der Waals surface area contributed by atoms with Gasteiger partial charge in [-0.1, -0.05) is 6.07 Å². The third-order valence-corrected chi connectivity index (χ3v) is 6.35. The van der Waals surface area contributed by atoms with Gasteiger partial charge in [0.15, 0.2) is 11.9 Å². The molecule has 3 nitrogen and oxygen atoms in total. The van der Waals surface area contributed by atoms with Crippen molar-refractivity contribution in [3.8, 4) is 0 Å². The number of fused-ring (bicyclic) bond motifs is 5. The second-order valence-electron chi connectivity index (χ2n) is 7.88. The van der Waals surface area contributed by atoms with E-state index in [-0.39, 0.29) is 5.82 Å². The van der Waals surface area contributed by atoms with Crippen LogP contribution in [0, 0.1) is 26.2 Å². The zero-order chi connectivity index (χ0) is 20.0. The number of halogens is 1. The van der Waals surface area contributed by atoms with E-state index in [2.05, 4.69) is 39.8 Å². The average molecular weight is 378 g/mol. The van der Waals surface area contributed by atoms with E-state index in [9.17, 15) is 0 Å². The monoisotopic (exact) mass is 378 g/mol. The summed E-state index contributed by atoms with van der Waals surface area (Å²) in [7, 11) is 2.05. The Morgan fingerprint density at radius 3 is 2.62 bits per heavy atom. The van der Waals surface area contributed by atoms with Gasteiger partial charge in [-0.15, -0.1) is 0 Å². The van der Waals surface area contributed by atoms with Crippen LogP contribution in [0.2, 0.25) is 0 Å². The molecule has 0 atom stereocenters. The fourth-order valence-corrected chi connectivity index (χ4v) is 4.96. The number of benzene rings is 3. The summed E-state index contributed by atoms with van der Waals surface area (Å²) in [6.07, 6.45) is 2.04. The molecule has 3 aromatic carbocycles. The first kappa shape index (κ1) is 16.3. The van der Waals surface area contributed by atoms with Crippen molar-refractivity contribution in [1.29, 1.82) is 0 Å². The lowest BCUT2D eigenvalue weighted by Gasteiger charge is -2.14. The van der Waals surface area contributed by atoms with Gasteiger partial charge in [-0.05, 0) is 60.7 Å². The number of hydrogen-bond acceptors (Lipinski definition) is 0. The number of hydrogen-bond donors (Lipinski definition) is 0. The largest absolute Gasteiger partial charge is 0.309 e. The van der Waals surface area contributed by atoms with Gasteiger partial charge < -0.3 is 4.40 Å². The Morgan fingerprint density at radius 1 is 1.00 bits per heavy atom. The van der Waals surface area contributed by atoms with Gasteiger partial charge in [0.05, 0.1) is 33.9 Å². The number of aromatic nitrogens is 2. The summed E-state index contributed by atoms with van der Waals surface area (Å²) < 4.78 is 19.3. The summed E-state index contributed by atoms with van der Waals surface area (Å²) in [6, 6.07) is 13.3. The minimum atomic E-state index is -0.214. The summed E-state index contributed by atoms with van der Waals surface area (Å²) in [6.45, 7) is 11.8. The van der Waals surface area contributed by atoms with Crippen LogP contribution in [-0.2, 0) is 7.05 Å². The van der Waals surface area contributed by atoms with Crippen molar-refractivity contribution in [1.82, 2.24) is 4.40 Å². The van der Waals surface area contributed by atoms with Gasteiger partial charge in [-0.3, -0.25) is 0 Å². The maximum absolute atomic E-state index is 15.0. The number of pyridine rings is 2.